The van der Waals surface area contributed by atoms with Gasteiger partial charge in [0.1, 0.15) is 5.75 Å². The Kier molecular flexibility index (Phi) is 5.91. The zero-order valence-electron chi connectivity index (χ0n) is 8.83. The Morgan fingerprint density at radius 2 is 2.20 bits per heavy atom. The van der Waals surface area contributed by atoms with Crippen LogP contribution >= 0.6 is 23.4 Å². The minimum atomic E-state index is 0.733. The van der Waals surface area contributed by atoms with Gasteiger partial charge in [-0.3, -0.25) is 0 Å². The van der Waals surface area contributed by atoms with Crippen molar-refractivity contribution in [1.82, 2.24) is 0 Å². The van der Waals surface area contributed by atoms with Crippen molar-refractivity contribution in [3.63, 3.8) is 0 Å². The predicted molar refractivity (Wildman–Crippen MR) is 68.1 cm³/mol. The topological polar surface area (TPSA) is 35.2 Å². The van der Waals surface area contributed by atoms with Crippen LogP contribution in [-0.4, -0.2) is 25.2 Å². The van der Waals surface area contributed by atoms with Gasteiger partial charge in [-0.05, 0) is 35.9 Å². The quantitative estimate of drug-likeness (QED) is 0.783. The van der Waals surface area contributed by atoms with Gasteiger partial charge in [0.25, 0.3) is 0 Å². The van der Waals surface area contributed by atoms with Crippen LogP contribution < -0.4 is 10.5 Å². The van der Waals surface area contributed by atoms with E-state index >= 15 is 0 Å². The van der Waals surface area contributed by atoms with Crippen LogP contribution in [0.25, 0.3) is 0 Å². The second kappa shape index (κ2) is 6.99. The van der Waals surface area contributed by atoms with Gasteiger partial charge in [0, 0.05) is 17.3 Å². The lowest BCUT2D eigenvalue weighted by molar-refractivity contribution is 0.410. The Hall–Kier alpha value is -0.380. The number of nitrogens with two attached hydrogens (primary N) is 1. The summed E-state index contributed by atoms with van der Waals surface area (Å²) in [6, 6.07) is 5.71. The SMILES string of the molecule is COc1ccc(Cl)cc1CCSCCN. The molecule has 0 heterocycles. The summed E-state index contributed by atoms with van der Waals surface area (Å²) in [5.74, 6) is 2.96. The highest BCUT2D eigenvalue weighted by Crippen LogP contribution is 2.23. The fraction of sp³-hybridized carbons (Fsp3) is 0.455. The smallest absolute Gasteiger partial charge is 0.122 e. The van der Waals surface area contributed by atoms with Crippen LogP contribution in [0.4, 0.5) is 0 Å². The van der Waals surface area contributed by atoms with Gasteiger partial charge >= 0.3 is 0 Å². The number of aryl methyl sites for hydroxylation is 1. The average Bonchev–Trinajstić information content (AvgIpc) is 2.25. The second-order valence-electron chi connectivity index (χ2n) is 3.11. The molecular formula is C11H16ClNOS. The van der Waals surface area contributed by atoms with Crippen molar-refractivity contribution in [2.75, 3.05) is 25.2 Å². The van der Waals surface area contributed by atoms with Crippen molar-refractivity contribution in [2.45, 2.75) is 6.42 Å². The highest BCUT2D eigenvalue weighted by molar-refractivity contribution is 7.99. The zero-order chi connectivity index (χ0) is 11.1. The Balaban J connectivity index is 2.54. The number of halogens is 1. The van der Waals surface area contributed by atoms with Crippen LogP contribution in [0.5, 0.6) is 5.75 Å². The maximum absolute atomic E-state index is 5.93. The maximum atomic E-state index is 5.93. The largest absolute Gasteiger partial charge is 0.496 e. The van der Waals surface area contributed by atoms with Crippen molar-refractivity contribution < 1.29 is 4.74 Å². The monoisotopic (exact) mass is 245 g/mol. The molecule has 0 aliphatic carbocycles. The fourth-order valence-electron chi connectivity index (χ4n) is 1.31. The minimum Gasteiger partial charge on any atom is -0.496 e. The molecule has 0 unspecified atom stereocenters. The number of rotatable bonds is 6. The van der Waals surface area contributed by atoms with Gasteiger partial charge in [-0.2, -0.15) is 11.8 Å². The molecule has 15 heavy (non-hydrogen) atoms. The van der Waals surface area contributed by atoms with E-state index in [0.29, 0.717) is 0 Å². The first kappa shape index (κ1) is 12.7. The van der Waals surface area contributed by atoms with Crippen molar-refractivity contribution >= 4 is 23.4 Å². The molecule has 84 valence electrons. The Morgan fingerprint density at radius 3 is 2.87 bits per heavy atom. The summed E-state index contributed by atoms with van der Waals surface area (Å²) in [4.78, 5) is 0. The first-order valence-electron chi connectivity index (χ1n) is 4.88. The van der Waals surface area contributed by atoms with Crippen LogP contribution in [0, 0.1) is 0 Å². The highest BCUT2D eigenvalue weighted by atomic mass is 35.5. The van der Waals surface area contributed by atoms with Crippen LogP contribution in [0.2, 0.25) is 5.02 Å². The van der Waals surface area contributed by atoms with E-state index in [1.54, 1.807) is 7.11 Å². The normalized spacial score (nSPS) is 10.3. The van der Waals surface area contributed by atoms with Gasteiger partial charge in [-0.25, -0.2) is 0 Å². The maximum Gasteiger partial charge on any atom is 0.122 e. The molecule has 1 aromatic carbocycles. The van der Waals surface area contributed by atoms with Crippen molar-refractivity contribution in [1.29, 1.82) is 0 Å². The molecule has 1 rings (SSSR count). The standard InChI is InChI=1S/C11H16ClNOS/c1-14-11-3-2-10(12)8-9(11)4-6-15-7-5-13/h2-3,8H,4-7,13H2,1H3. The molecular weight excluding hydrogens is 230 g/mol. The summed E-state index contributed by atoms with van der Waals surface area (Å²) in [5, 5.41) is 0.759. The third kappa shape index (κ3) is 4.33. The van der Waals surface area contributed by atoms with Crippen molar-refractivity contribution in [3.05, 3.63) is 28.8 Å². The van der Waals surface area contributed by atoms with Gasteiger partial charge in [-0.15, -0.1) is 0 Å². The summed E-state index contributed by atoms with van der Waals surface area (Å²) in [6.07, 6.45) is 0.967. The molecule has 0 fully saturated rings. The lowest BCUT2D eigenvalue weighted by atomic mass is 10.1. The molecule has 0 amide bonds. The van der Waals surface area contributed by atoms with Crippen LogP contribution in [-0.2, 0) is 6.42 Å². The van der Waals surface area contributed by atoms with E-state index in [9.17, 15) is 0 Å². The van der Waals surface area contributed by atoms with Crippen LogP contribution in [0.3, 0.4) is 0 Å². The third-order valence-corrected chi connectivity index (χ3v) is 3.27. The molecule has 0 aliphatic heterocycles. The molecule has 1 aromatic rings. The Bertz CT molecular complexity index is 307. The Morgan fingerprint density at radius 1 is 1.40 bits per heavy atom. The van der Waals surface area contributed by atoms with Crippen LogP contribution in [0.1, 0.15) is 5.56 Å². The molecule has 2 N–H and O–H groups in total. The number of hydrogen-bond donors (Lipinski definition) is 1. The molecule has 0 saturated heterocycles. The van der Waals surface area contributed by atoms with E-state index in [1.807, 2.05) is 30.0 Å². The van der Waals surface area contributed by atoms with E-state index in [0.717, 1.165) is 40.8 Å². The van der Waals surface area contributed by atoms with E-state index < -0.39 is 0 Å². The lowest BCUT2D eigenvalue weighted by Crippen LogP contribution is -2.03. The molecule has 2 nitrogen and oxygen atoms in total. The molecule has 0 saturated carbocycles. The van der Waals surface area contributed by atoms with Gasteiger partial charge in [0.05, 0.1) is 7.11 Å². The average molecular weight is 246 g/mol. The number of hydrogen-bond acceptors (Lipinski definition) is 3. The van der Waals surface area contributed by atoms with Crippen molar-refractivity contribution in [2.24, 2.45) is 5.73 Å². The highest BCUT2D eigenvalue weighted by Gasteiger charge is 2.03. The van der Waals surface area contributed by atoms with E-state index in [1.165, 1.54) is 0 Å². The summed E-state index contributed by atoms with van der Waals surface area (Å²) in [7, 11) is 1.68. The lowest BCUT2D eigenvalue weighted by Gasteiger charge is -2.08. The van der Waals surface area contributed by atoms with Gasteiger partial charge in [-0.1, -0.05) is 11.6 Å². The molecule has 0 bridgehead atoms. The summed E-state index contributed by atoms with van der Waals surface area (Å²) in [5.41, 5.74) is 6.58. The molecule has 0 atom stereocenters. The molecule has 0 aromatic heterocycles. The third-order valence-electron chi connectivity index (χ3n) is 2.02. The second-order valence-corrected chi connectivity index (χ2v) is 4.77. The number of ether oxygens (including phenoxy) is 1. The van der Waals surface area contributed by atoms with E-state index in [2.05, 4.69) is 0 Å². The van der Waals surface area contributed by atoms with Gasteiger partial charge < -0.3 is 10.5 Å². The van der Waals surface area contributed by atoms with Gasteiger partial charge in [0.15, 0.2) is 0 Å². The summed E-state index contributed by atoms with van der Waals surface area (Å²) < 4.78 is 5.26. The molecule has 0 spiro atoms. The number of thioether (sulfide) groups is 1. The summed E-state index contributed by atoms with van der Waals surface area (Å²) in [6.45, 7) is 0.733. The summed E-state index contributed by atoms with van der Waals surface area (Å²) >= 11 is 7.78. The first-order valence-corrected chi connectivity index (χ1v) is 6.41. The zero-order valence-corrected chi connectivity index (χ0v) is 10.4. The molecule has 0 aliphatic rings. The van der Waals surface area contributed by atoms with E-state index in [4.69, 9.17) is 22.1 Å². The van der Waals surface area contributed by atoms with E-state index in [-0.39, 0.29) is 0 Å². The van der Waals surface area contributed by atoms with Crippen LogP contribution in [0.15, 0.2) is 18.2 Å². The minimum absolute atomic E-state index is 0.733. The first-order chi connectivity index (χ1) is 7.27. The number of methoxy groups -OCH3 is 1. The van der Waals surface area contributed by atoms with Gasteiger partial charge in [0.2, 0.25) is 0 Å². The predicted octanol–water partition coefficient (Wildman–Crippen LogP) is 2.58. The molecule has 4 heteroatoms. The van der Waals surface area contributed by atoms with Crippen molar-refractivity contribution in [3.8, 4) is 5.75 Å². The fourth-order valence-corrected chi connectivity index (χ4v) is 2.24. The number of benzene rings is 1. The Labute approximate surface area is 100 Å². The molecule has 0 radical (unpaired) electrons.